The lowest BCUT2D eigenvalue weighted by Crippen LogP contribution is -2.46. The van der Waals surface area contributed by atoms with Crippen molar-refractivity contribution in [3.63, 3.8) is 0 Å². The minimum absolute atomic E-state index is 0.363. The van der Waals surface area contributed by atoms with Crippen molar-refractivity contribution in [3.8, 4) is 0 Å². The quantitative estimate of drug-likeness (QED) is 0.672. The Labute approximate surface area is 89.8 Å². The van der Waals surface area contributed by atoms with Gasteiger partial charge in [0.05, 0.1) is 0 Å². The lowest BCUT2D eigenvalue weighted by Gasteiger charge is -2.20. The summed E-state index contributed by atoms with van der Waals surface area (Å²) >= 11 is 0. The van der Waals surface area contributed by atoms with Crippen LogP contribution in [0.2, 0.25) is 0 Å². The van der Waals surface area contributed by atoms with Crippen LogP contribution in [0.3, 0.4) is 0 Å². The first-order chi connectivity index (χ1) is 6.88. The number of carboxylic acids is 1. The summed E-state index contributed by atoms with van der Waals surface area (Å²) in [6, 6.07) is -1.22. The highest BCUT2D eigenvalue weighted by atomic mass is 16.4. The number of hydrogen-bond donors (Lipinski definition) is 2. The first-order valence-corrected chi connectivity index (χ1v) is 4.77. The Hall–Kier alpha value is -1.52. The smallest absolute Gasteiger partial charge is 0.326 e. The summed E-state index contributed by atoms with van der Waals surface area (Å²) in [4.78, 5) is 23.5. The predicted octanol–water partition coefficient (Wildman–Crippen LogP) is 1.07. The Morgan fingerprint density at radius 3 is 2.40 bits per heavy atom. The molecule has 0 aliphatic rings. The number of likely N-dealkylation sites (N-methyl/N-ethyl adjacent to an activating group) is 1. The third-order valence-electron chi connectivity index (χ3n) is 1.86. The molecular weight excluding hydrogens is 196 g/mol. The molecule has 0 radical (unpaired) electrons. The van der Waals surface area contributed by atoms with Gasteiger partial charge in [-0.2, -0.15) is 0 Å². The molecule has 86 valence electrons. The van der Waals surface area contributed by atoms with Crippen LogP contribution >= 0.6 is 0 Å². The number of rotatable bonds is 5. The molecule has 0 aromatic rings. The van der Waals surface area contributed by atoms with Gasteiger partial charge in [-0.3, -0.25) is 0 Å². The number of nitrogens with zero attached hydrogens (tertiary/aromatic N) is 1. The Balaban J connectivity index is 4.21. The first kappa shape index (κ1) is 13.5. The van der Waals surface area contributed by atoms with Crippen molar-refractivity contribution in [2.24, 2.45) is 0 Å². The Bertz CT molecular complexity index is 263. The molecule has 0 saturated carbocycles. The van der Waals surface area contributed by atoms with E-state index in [9.17, 15) is 9.59 Å². The number of carbonyl (C=O) groups is 2. The largest absolute Gasteiger partial charge is 0.480 e. The zero-order chi connectivity index (χ0) is 12.0. The second kappa shape index (κ2) is 6.06. The summed E-state index contributed by atoms with van der Waals surface area (Å²) in [6.45, 7) is 7.60. The number of hydrogen-bond acceptors (Lipinski definition) is 2. The molecule has 5 nitrogen and oxygen atoms in total. The molecule has 0 aromatic heterocycles. The van der Waals surface area contributed by atoms with E-state index in [0.29, 0.717) is 13.0 Å². The van der Waals surface area contributed by atoms with Gasteiger partial charge >= 0.3 is 12.0 Å². The highest BCUT2D eigenvalue weighted by Gasteiger charge is 2.19. The highest BCUT2D eigenvalue weighted by molar-refractivity contribution is 5.82. The van der Waals surface area contributed by atoms with Gasteiger partial charge in [-0.15, -0.1) is 0 Å². The van der Waals surface area contributed by atoms with Crippen molar-refractivity contribution >= 4 is 12.0 Å². The summed E-state index contributed by atoms with van der Waals surface area (Å²) < 4.78 is 0. The zero-order valence-corrected chi connectivity index (χ0v) is 9.41. The van der Waals surface area contributed by atoms with Crippen LogP contribution in [0.1, 0.15) is 20.3 Å². The topological polar surface area (TPSA) is 69.6 Å². The molecule has 0 aliphatic carbocycles. The standard InChI is InChI=1S/C10H18N2O3/c1-5-8(9(13)14)11-10(15)12(4)6-7(2)3/h8H,2,5-6H2,1,3-4H3,(H,11,15)(H,13,14). The van der Waals surface area contributed by atoms with Crippen LogP contribution in [0, 0.1) is 0 Å². The van der Waals surface area contributed by atoms with Gasteiger partial charge in [0, 0.05) is 13.6 Å². The normalized spacial score (nSPS) is 11.7. The maximum absolute atomic E-state index is 11.5. The van der Waals surface area contributed by atoms with Gasteiger partial charge in [-0.05, 0) is 13.3 Å². The molecule has 15 heavy (non-hydrogen) atoms. The molecule has 0 saturated heterocycles. The molecule has 2 amide bonds. The Kier molecular flexibility index (Phi) is 5.44. The predicted molar refractivity (Wildman–Crippen MR) is 57.7 cm³/mol. The monoisotopic (exact) mass is 214 g/mol. The van der Waals surface area contributed by atoms with E-state index in [-0.39, 0.29) is 0 Å². The number of amides is 2. The van der Waals surface area contributed by atoms with E-state index in [1.54, 1.807) is 20.9 Å². The summed E-state index contributed by atoms with van der Waals surface area (Å²) in [7, 11) is 1.60. The Morgan fingerprint density at radius 1 is 1.53 bits per heavy atom. The summed E-state index contributed by atoms with van der Waals surface area (Å²) in [5, 5.41) is 11.2. The average molecular weight is 214 g/mol. The molecule has 5 heteroatoms. The zero-order valence-electron chi connectivity index (χ0n) is 9.41. The molecule has 1 atom stereocenters. The second-order valence-electron chi connectivity index (χ2n) is 3.56. The summed E-state index contributed by atoms with van der Waals surface area (Å²) in [5.41, 5.74) is 0.844. The van der Waals surface area contributed by atoms with Crippen molar-refractivity contribution in [1.29, 1.82) is 0 Å². The molecule has 0 fully saturated rings. The van der Waals surface area contributed by atoms with Crippen LogP contribution in [0.5, 0.6) is 0 Å². The van der Waals surface area contributed by atoms with Gasteiger partial charge in [0.25, 0.3) is 0 Å². The van der Waals surface area contributed by atoms with Crippen molar-refractivity contribution in [1.82, 2.24) is 10.2 Å². The van der Waals surface area contributed by atoms with Crippen LogP contribution < -0.4 is 5.32 Å². The number of urea groups is 1. The third kappa shape index (κ3) is 5.05. The lowest BCUT2D eigenvalue weighted by atomic mass is 10.2. The van der Waals surface area contributed by atoms with Gasteiger partial charge in [0.2, 0.25) is 0 Å². The van der Waals surface area contributed by atoms with Crippen molar-refractivity contribution in [2.75, 3.05) is 13.6 Å². The molecule has 0 rings (SSSR count). The van der Waals surface area contributed by atoms with E-state index in [4.69, 9.17) is 5.11 Å². The van der Waals surface area contributed by atoms with Gasteiger partial charge in [-0.25, -0.2) is 9.59 Å². The molecule has 2 N–H and O–H groups in total. The van der Waals surface area contributed by atoms with E-state index in [0.717, 1.165) is 5.57 Å². The van der Waals surface area contributed by atoms with Crippen LogP contribution in [-0.4, -0.2) is 41.6 Å². The van der Waals surface area contributed by atoms with Gasteiger partial charge in [0.15, 0.2) is 0 Å². The molecule has 0 spiro atoms. The third-order valence-corrected chi connectivity index (χ3v) is 1.86. The van der Waals surface area contributed by atoms with E-state index in [1.807, 2.05) is 0 Å². The minimum atomic E-state index is -1.02. The Morgan fingerprint density at radius 2 is 2.07 bits per heavy atom. The van der Waals surface area contributed by atoms with Gasteiger partial charge in [0.1, 0.15) is 6.04 Å². The number of carbonyl (C=O) groups excluding carboxylic acids is 1. The van der Waals surface area contributed by atoms with E-state index >= 15 is 0 Å². The first-order valence-electron chi connectivity index (χ1n) is 4.77. The van der Waals surface area contributed by atoms with Crippen molar-refractivity contribution in [3.05, 3.63) is 12.2 Å². The fourth-order valence-corrected chi connectivity index (χ4v) is 1.07. The number of nitrogens with one attached hydrogen (secondary N) is 1. The van der Waals surface area contributed by atoms with E-state index < -0.39 is 18.0 Å². The highest BCUT2D eigenvalue weighted by Crippen LogP contribution is 1.96. The number of carboxylic acid groups (broad SMARTS) is 1. The fourth-order valence-electron chi connectivity index (χ4n) is 1.07. The molecule has 0 bridgehead atoms. The molecule has 0 aromatic carbocycles. The SMILES string of the molecule is C=C(C)CN(C)C(=O)NC(CC)C(=O)O. The van der Waals surface area contributed by atoms with Gasteiger partial charge < -0.3 is 15.3 Å². The second-order valence-corrected chi connectivity index (χ2v) is 3.56. The van der Waals surface area contributed by atoms with Crippen LogP contribution in [0.4, 0.5) is 4.79 Å². The van der Waals surface area contributed by atoms with E-state index in [1.165, 1.54) is 4.90 Å². The minimum Gasteiger partial charge on any atom is -0.480 e. The lowest BCUT2D eigenvalue weighted by molar-refractivity contribution is -0.139. The molecule has 0 heterocycles. The summed E-state index contributed by atoms with van der Waals surface area (Å²) in [5.74, 6) is -1.02. The van der Waals surface area contributed by atoms with Crippen LogP contribution in [0.15, 0.2) is 12.2 Å². The van der Waals surface area contributed by atoms with E-state index in [2.05, 4.69) is 11.9 Å². The van der Waals surface area contributed by atoms with Crippen LogP contribution in [0.25, 0.3) is 0 Å². The summed E-state index contributed by atoms with van der Waals surface area (Å²) in [6.07, 6.45) is 0.363. The fraction of sp³-hybridized carbons (Fsp3) is 0.600. The number of aliphatic carboxylic acids is 1. The molecule has 0 aliphatic heterocycles. The van der Waals surface area contributed by atoms with Crippen molar-refractivity contribution in [2.45, 2.75) is 26.3 Å². The average Bonchev–Trinajstić information content (AvgIpc) is 2.11. The molecule has 1 unspecified atom stereocenters. The van der Waals surface area contributed by atoms with Gasteiger partial charge in [-0.1, -0.05) is 19.1 Å². The maximum atomic E-state index is 11.5. The molecular formula is C10H18N2O3. The van der Waals surface area contributed by atoms with Crippen molar-refractivity contribution < 1.29 is 14.7 Å². The maximum Gasteiger partial charge on any atom is 0.326 e. The van der Waals surface area contributed by atoms with Crippen LogP contribution in [-0.2, 0) is 4.79 Å².